The first-order chi connectivity index (χ1) is 20.5. The number of ether oxygens (including phenoxy) is 6. The van der Waals surface area contributed by atoms with Crippen molar-refractivity contribution in [3.05, 3.63) is 122 Å². The van der Waals surface area contributed by atoms with E-state index in [2.05, 4.69) is 13.2 Å². The monoisotopic (exact) mass is 568 g/mol. The summed E-state index contributed by atoms with van der Waals surface area (Å²) in [5, 5.41) is 1.84. The average molecular weight is 569 g/mol. The van der Waals surface area contributed by atoms with Crippen molar-refractivity contribution in [2.24, 2.45) is 0 Å². The van der Waals surface area contributed by atoms with E-state index in [4.69, 9.17) is 28.4 Å². The van der Waals surface area contributed by atoms with Crippen LogP contribution in [0.1, 0.15) is 0 Å². The summed E-state index contributed by atoms with van der Waals surface area (Å²) in [6, 6.07) is 29.7. The zero-order valence-corrected chi connectivity index (χ0v) is 23.1. The van der Waals surface area contributed by atoms with Gasteiger partial charge < -0.3 is 28.4 Å². The molecule has 0 aromatic heterocycles. The van der Waals surface area contributed by atoms with Gasteiger partial charge in [-0.2, -0.15) is 0 Å². The Hall–Kier alpha value is -5.24. The van der Waals surface area contributed by atoms with E-state index < -0.39 is 24.1 Å². The van der Waals surface area contributed by atoms with E-state index in [1.807, 2.05) is 97.1 Å². The second kappa shape index (κ2) is 15.5. The van der Waals surface area contributed by atoms with E-state index in [-0.39, 0.29) is 26.4 Å². The number of hydrogen-bond donors (Lipinski definition) is 0. The van der Waals surface area contributed by atoms with Crippen molar-refractivity contribution < 1.29 is 38.0 Å². The minimum Gasteiger partial charge on any atom is -0.490 e. The van der Waals surface area contributed by atoms with Gasteiger partial charge in [-0.15, -0.1) is 0 Å². The molecule has 4 aromatic rings. The van der Waals surface area contributed by atoms with Crippen molar-refractivity contribution in [2.75, 3.05) is 26.4 Å². The molecule has 0 spiro atoms. The van der Waals surface area contributed by atoms with Crippen LogP contribution in [0.5, 0.6) is 23.0 Å². The van der Waals surface area contributed by atoms with Crippen LogP contribution in [0, 0.1) is 0 Å². The van der Waals surface area contributed by atoms with Crippen molar-refractivity contribution in [3.63, 3.8) is 0 Å². The minimum absolute atomic E-state index is 0.0753. The molecule has 0 radical (unpaired) electrons. The molecule has 0 amide bonds. The number of fused-ring (bicyclic) bond motifs is 1. The molecule has 0 saturated carbocycles. The molecule has 0 heterocycles. The first-order valence-electron chi connectivity index (χ1n) is 13.3. The molecule has 42 heavy (non-hydrogen) atoms. The van der Waals surface area contributed by atoms with E-state index in [1.54, 1.807) is 0 Å². The van der Waals surface area contributed by atoms with Gasteiger partial charge in [0.1, 0.15) is 49.4 Å². The van der Waals surface area contributed by atoms with Gasteiger partial charge in [0, 0.05) is 12.2 Å². The predicted octanol–water partition coefficient (Wildman–Crippen LogP) is 5.95. The molecule has 0 N–H and O–H groups in total. The summed E-state index contributed by atoms with van der Waals surface area (Å²) in [7, 11) is 0. The Balaban J connectivity index is 1.38. The summed E-state index contributed by atoms with van der Waals surface area (Å²) < 4.78 is 34.2. The van der Waals surface area contributed by atoms with Gasteiger partial charge in [0.2, 0.25) is 0 Å². The number of hydrogen-bond acceptors (Lipinski definition) is 8. The van der Waals surface area contributed by atoms with Crippen LogP contribution in [0.3, 0.4) is 0 Å². The van der Waals surface area contributed by atoms with Gasteiger partial charge in [-0.25, -0.2) is 9.59 Å². The fourth-order valence-corrected chi connectivity index (χ4v) is 3.83. The van der Waals surface area contributed by atoms with E-state index in [0.29, 0.717) is 23.0 Å². The van der Waals surface area contributed by atoms with E-state index in [0.717, 1.165) is 22.9 Å². The Kier molecular flexibility index (Phi) is 11.0. The highest BCUT2D eigenvalue weighted by atomic mass is 16.6. The first kappa shape index (κ1) is 29.7. The van der Waals surface area contributed by atoms with Crippen LogP contribution in [0.2, 0.25) is 0 Å². The van der Waals surface area contributed by atoms with Gasteiger partial charge in [-0.3, -0.25) is 0 Å². The molecule has 0 saturated heterocycles. The number of rotatable bonds is 16. The zero-order valence-electron chi connectivity index (χ0n) is 23.1. The molecule has 8 nitrogen and oxygen atoms in total. The summed E-state index contributed by atoms with van der Waals surface area (Å²) in [5.74, 6) is 1.34. The van der Waals surface area contributed by atoms with Crippen molar-refractivity contribution >= 4 is 22.7 Å². The van der Waals surface area contributed by atoms with Crippen molar-refractivity contribution in [1.29, 1.82) is 0 Å². The summed E-state index contributed by atoms with van der Waals surface area (Å²) in [6.45, 7) is 7.29. The van der Waals surface area contributed by atoms with Crippen LogP contribution in [-0.4, -0.2) is 50.6 Å². The number of carbonyl (C=O) groups excluding carboxylic acids is 2. The maximum atomic E-state index is 11.9. The van der Waals surface area contributed by atoms with E-state index in [9.17, 15) is 9.59 Å². The number of carbonyl (C=O) groups is 2. The van der Waals surface area contributed by atoms with Gasteiger partial charge >= 0.3 is 11.9 Å². The lowest BCUT2D eigenvalue weighted by Gasteiger charge is -2.19. The van der Waals surface area contributed by atoms with Gasteiger partial charge in [0.15, 0.2) is 12.2 Å². The fourth-order valence-electron chi connectivity index (χ4n) is 3.83. The first-order valence-corrected chi connectivity index (χ1v) is 13.3. The zero-order chi connectivity index (χ0) is 29.6. The van der Waals surface area contributed by atoms with Gasteiger partial charge in [-0.1, -0.05) is 61.7 Å². The van der Waals surface area contributed by atoms with Gasteiger partial charge in [0.25, 0.3) is 0 Å². The summed E-state index contributed by atoms with van der Waals surface area (Å²) >= 11 is 0. The Morgan fingerprint density at radius 3 is 1.29 bits per heavy atom. The summed E-state index contributed by atoms with van der Waals surface area (Å²) in [6.07, 6.45) is 0.886. The third-order valence-electron chi connectivity index (χ3n) is 5.91. The molecule has 2 unspecified atom stereocenters. The molecule has 2 atom stereocenters. The number of benzene rings is 4. The molecule has 0 aliphatic heterocycles. The SMILES string of the molecule is C=CC(=O)OC(COc1ccccc1)COc1ccc2ccc(OCC(COc3ccccc3)OC(=O)C=C)cc2c1. The number of para-hydroxylation sites is 2. The largest absolute Gasteiger partial charge is 0.490 e. The number of esters is 2. The van der Waals surface area contributed by atoms with E-state index >= 15 is 0 Å². The van der Waals surface area contributed by atoms with Crippen LogP contribution in [0.25, 0.3) is 10.8 Å². The second-order valence-electron chi connectivity index (χ2n) is 9.07. The Labute approximate surface area is 244 Å². The average Bonchev–Trinajstić information content (AvgIpc) is 3.04. The highest BCUT2D eigenvalue weighted by Gasteiger charge is 2.17. The standard InChI is InChI=1S/C34H32O8/c1-3-33(35)41-31(21-37-27-11-7-5-8-12-27)23-39-29-17-15-25-16-18-30(20-26(25)19-29)40-24-32(42-34(36)4-2)22-38-28-13-9-6-10-14-28/h3-20,31-32H,1-2,21-24H2. The van der Waals surface area contributed by atoms with Crippen LogP contribution in [0.15, 0.2) is 122 Å². The topological polar surface area (TPSA) is 89.5 Å². The maximum Gasteiger partial charge on any atom is 0.330 e. The van der Waals surface area contributed by atoms with Crippen LogP contribution in [0.4, 0.5) is 0 Å². The summed E-state index contributed by atoms with van der Waals surface area (Å²) in [5.41, 5.74) is 0. The molecular weight excluding hydrogens is 536 g/mol. The third kappa shape index (κ3) is 9.45. The lowest BCUT2D eigenvalue weighted by Crippen LogP contribution is -2.30. The van der Waals surface area contributed by atoms with Crippen molar-refractivity contribution in [2.45, 2.75) is 12.2 Å². The molecule has 4 rings (SSSR count). The normalized spacial score (nSPS) is 11.9. The second-order valence-corrected chi connectivity index (χ2v) is 9.07. The van der Waals surface area contributed by atoms with Gasteiger partial charge in [-0.05, 0) is 59.3 Å². The van der Waals surface area contributed by atoms with Crippen molar-refractivity contribution in [1.82, 2.24) is 0 Å². The van der Waals surface area contributed by atoms with Crippen LogP contribution < -0.4 is 18.9 Å². The van der Waals surface area contributed by atoms with Gasteiger partial charge in [0.05, 0.1) is 0 Å². The highest BCUT2D eigenvalue weighted by Crippen LogP contribution is 2.26. The molecule has 0 bridgehead atoms. The molecule has 8 heteroatoms. The predicted molar refractivity (Wildman–Crippen MR) is 159 cm³/mol. The Bertz CT molecular complexity index is 1360. The smallest absolute Gasteiger partial charge is 0.330 e. The molecule has 4 aromatic carbocycles. The fraction of sp³-hybridized carbons (Fsp3) is 0.176. The molecular formula is C34H32O8. The molecule has 0 aliphatic carbocycles. The van der Waals surface area contributed by atoms with Crippen molar-refractivity contribution in [3.8, 4) is 23.0 Å². The highest BCUT2D eigenvalue weighted by molar-refractivity contribution is 5.85. The minimum atomic E-state index is -0.658. The maximum absolute atomic E-state index is 11.9. The summed E-state index contributed by atoms with van der Waals surface area (Å²) in [4.78, 5) is 23.7. The lowest BCUT2D eigenvalue weighted by molar-refractivity contribution is -0.147. The Morgan fingerprint density at radius 1 is 0.524 bits per heavy atom. The Morgan fingerprint density at radius 2 is 0.905 bits per heavy atom. The quantitative estimate of drug-likeness (QED) is 0.121. The third-order valence-corrected chi connectivity index (χ3v) is 5.91. The molecule has 0 aliphatic rings. The van der Waals surface area contributed by atoms with E-state index in [1.165, 1.54) is 0 Å². The lowest BCUT2D eigenvalue weighted by atomic mass is 10.1. The van der Waals surface area contributed by atoms with Crippen LogP contribution >= 0.6 is 0 Å². The molecule has 0 fully saturated rings. The molecule has 216 valence electrons. The van der Waals surface area contributed by atoms with Crippen LogP contribution in [-0.2, 0) is 19.1 Å².